The Bertz CT molecular complexity index is 1520. The highest BCUT2D eigenvalue weighted by atomic mass is 16.4. The lowest BCUT2D eigenvalue weighted by Gasteiger charge is -2.30. The molecule has 22 heteroatoms. The number of amides is 7. The lowest BCUT2D eigenvalue weighted by Crippen LogP contribution is -2.63. The van der Waals surface area contributed by atoms with Crippen molar-refractivity contribution in [3.05, 3.63) is 18.2 Å². The number of aromatic amines is 1. The van der Waals surface area contributed by atoms with E-state index in [-0.39, 0.29) is 25.8 Å². The van der Waals surface area contributed by atoms with Gasteiger partial charge in [0.05, 0.1) is 24.6 Å². The van der Waals surface area contributed by atoms with E-state index >= 15 is 0 Å². The molecule has 7 amide bonds. The number of aromatic nitrogens is 2. The second-order valence-electron chi connectivity index (χ2n) is 14.7. The van der Waals surface area contributed by atoms with Gasteiger partial charge in [0, 0.05) is 24.7 Å². The molecule has 16 N–H and O–H groups in total. The Morgan fingerprint density at radius 2 is 1.19 bits per heavy atom. The maximum atomic E-state index is 13.8. The lowest BCUT2D eigenvalue weighted by atomic mass is 9.96. The normalized spacial score (nSPS) is 16.5. The van der Waals surface area contributed by atoms with Crippen LogP contribution in [-0.4, -0.2) is 134 Å². The van der Waals surface area contributed by atoms with Gasteiger partial charge in [0.15, 0.2) is 0 Å². The number of primary amides is 1. The lowest BCUT2D eigenvalue weighted by molar-refractivity contribution is -0.143. The first-order valence-corrected chi connectivity index (χ1v) is 19.3. The number of carbonyl (C=O) groups is 8. The Balaban J connectivity index is 3.28. The van der Waals surface area contributed by atoms with Crippen molar-refractivity contribution in [1.29, 1.82) is 0 Å². The van der Waals surface area contributed by atoms with Crippen molar-refractivity contribution in [1.82, 2.24) is 41.9 Å². The van der Waals surface area contributed by atoms with Crippen molar-refractivity contribution < 1.29 is 53.7 Å². The van der Waals surface area contributed by atoms with Crippen LogP contribution in [0.2, 0.25) is 0 Å². The molecule has 328 valence electrons. The summed E-state index contributed by atoms with van der Waals surface area (Å²) in [5.41, 5.74) is 17.4. The van der Waals surface area contributed by atoms with Crippen molar-refractivity contribution in [2.24, 2.45) is 29.0 Å². The summed E-state index contributed by atoms with van der Waals surface area (Å²) >= 11 is 0. The number of nitrogens with two attached hydrogens (primary N) is 3. The molecule has 58 heavy (non-hydrogen) atoms. The van der Waals surface area contributed by atoms with Crippen LogP contribution in [-0.2, 0) is 44.8 Å². The van der Waals surface area contributed by atoms with Crippen LogP contribution < -0.4 is 49.1 Å². The molecule has 0 radical (unpaired) electrons. The average molecular weight is 826 g/mol. The molecule has 0 saturated heterocycles. The zero-order valence-electron chi connectivity index (χ0n) is 33.9. The predicted molar refractivity (Wildman–Crippen MR) is 208 cm³/mol. The Morgan fingerprint density at radius 1 is 0.707 bits per heavy atom. The number of imidazole rings is 1. The number of unbranched alkanes of at least 4 members (excludes halogenated alkanes) is 1. The largest absolute Gasteiger partial charge is 0.480 e. The minimum atomic E-state index is -1.67. The molecule has 1 aromatic rings. The van der Waals surface area contributed by atoms with Crippen LogP contribution in [0.5, 0.6) is 0 Å². The van der Waals surface area contributed by atoms with Crippen LogP contribution in [0.3, 0.4) is 0 Å². The fraction of sp³-hybridized carbons (Fsp3) is 0.694. The van der Waals surface area contributed by atoms with E-state index in [1.807, 2.05) is 0 Å². The van der Waals surface area contributed by atoms with E-state index in [1.165, 1.54) is 26.4 Å². The average Bonchev–Trinajstić information content (AvgIpc) is 3.66. The first kappa shape index (κ1) is 50.8. The van der Waals surface area contributed by atoms with Gasteiger partial charge in [-0.25, -0.2) is 9.78 Å². The van der Waals surface area contributed by atoms with Crippen molar-refractivity contribution in [3.63, 3.8) is 0 Å². The summed E-state index contributed by atoms with van der Waals surface area (Å²) < 4.78 is 0. The number of aliphatic hydroxyl groups excluding tert-OH is 2. The molecule has 10 atom stereocenters. The number of hydrogen-bond donors (Lipinski definition) is 13. The molecule has 0 aromatic carbocycles. The first-order chi connectivity index (χ1) is 27.1. The van der Waals surface area contributed by atoms with E-state index in [4.69, 9.17) is 17.2 Å². The fourth-order valence-corrected chi connectivity index (χ4v) is 5.60. The maximum Gasteiger partial charge on any atom is 0.326 e. The monoisotopic (exact) mass is 825 g/mol. The highest BCUT2D eigenvalue weighted by Gasteiger charge is 2.37. The molecule has 1 rings (SSSR count). The van der Waals surface area contributed by atoms with Crippen molar-refractivity contribution >= 4 is 47.3 Å². The van der Waals surface area contributed by atoms with E-state index in [0.717, 1.165) is 0 Å². The van der Waals surface area contributed by atoms with Gasteiger partial charge in [-0.2, -0.15) is 0 Å². The van der Waals surface area contributed by atoms with Crippen LogP contribution in [0.1, 0.15) is 85.8 Å². The van der Waals surface area contributed by atoms with Gasteiger partial charge in [0.2, 0.25) is 41.4 Å². The second-order valence-corrected chi connectivity index (χ2v) is 14.7. The number of H-pyrrole nitrogens is 1. The summed E-state index contributed by atoms with van der Waals surface area (Å²) in [5, 5.41) is 45.2. The Hall–Kier alpha value is -5.19. The zero-order chi connectivity index (χ0) is 44.3. The Labute approximate surface area is 337 Å². The van der Waals surface area contributed by atoms with Gasteiger partial charge in [-0.3, -0.25) is 33.6 Å². The maximum absolute atomic E-state index is 13.8. The minimum absolute atomic E-state index is 0.0243. The van der Waals surface area contributed by atoms with E-state index < -0.39 is 120 Å². The van der Waals surface area contributed by atoms with Gasteiger partial charge in [0.1, 0.15) is 36.3 Å². The molecule has 0 aliphatic heterocycles. The van der Waals surface area contributed by atoms with Gasteiger partial charge in [0.25, 0.3) is 0 Å². The number of carboxylic acids is 1. The molecule has 1 heterocycles. The number of aliphatic carboxylic acids is 1. The van der Waals surface area contributed by atoms with Crippen LogP contribution in [0, 0.1) is 11.8 Å². The quantitative estimate of drug-likeness (QED) is 0.0378. The highest BCUT2D eigenvalue weighted by Crippen LogP contribution is 2.12. The van der Waals surface area contributed by atoms with Crippen LogP contribution in [0.4, 0.5) is 0 Å². The van der Waals surface area contributed by atoms with Gasteiger partial charge >= 0.3 is 5.97 Å². The number of carboxylic acid groups (broad SMARTS) is 1. The topological polar surface area (TPSA) is 376 Å². The van der Waals surface area contributed by atoms with Crippen LogP contribution in [0.25, 0.3) is 0 Å². The van der Waals surface area contributed by atoms with Gasteiger partial charge in [-0.1, -0.05) is 34.1 Å². The molecule has 0 saturated carbocycles. The van der Waals surface area contributed by atoms with Crippen molar-refractivity contribution in [2.45, 2.75) is 141 Å². The molecule has 0 spiro atoms. The van der Waals surface area contributed by atoms with Crippen molar-refractivity contribution in [2.75, 3.05) is 6.54 Å². The Kier molecular flexibility index (Phi) is 22.1. The summed E-state index contributed by atoms with van der Waals surface area (Å²) in [6.07, 6.45) is 0.326. The highest BCUT2D eigenvalue weighted by molar-refractivity contribution is 5.97. The zero-order valence-corrected chi connectivity index (χ0v) is 33.9. The smallest absolute Gasteiger partial charge is 0.326 e. The molecule has 1 aromatic heterocycles. The minimum Gasteiger partial charge on any atom is -0.480 e. The fourth-order valence-electron chi connectivity index (χ4n) is 5.60. The summed E-state index contributed by atoms with van der Waals surface area (Å²) in [4.78, 5) is 111. The molecule has 0 aliphatic carbocycles. The van der Waals surface area contributed by atoms with Gasteiger partial charge in [-0.05, 0) is 57.9 Å². The van der Waals surface area contributed by atoms with E-state index in [1.54, 1.807) is 27.7 Å². The van der Waals surface area contributed by atoms with Gasteiger partial charge < -0.3 is 69.4 Å². The molecule has 22 nitrogen and oxygen atoms in total. The third kappa shape index (κ3) is 17.1. The van der Waals surface area contributed by atoms with E-state index in [2.05, 4.69) is 41.9 Å². The SMILES string of the molecule is CC[C@H](C)[C@H](NC(=O)[C@H](CCC(N)=O)NC(=O)[C@@H](NC(=O)[C@@H](N)Cc1cnc[nH]1)[C@@H](C)O)C(=O)N[C@H](C(=O)N[C@@H](CCCCN)C(=O)N[C@H](C(=O)O)C(C)C)[C@@H](C)O. The second kappa shape index (κ2) is 25.2. The number of nitrogens with zero attached hydrogens (tertiary/aromatic N) is 1. The summed E-state index contributed by atoms with van der Waals surface area (Å²) in [6, 6.07) is -9.87. The first-order valence-electron chi connectivity index (χ1n) is 19.3. The molecule has 0 fully saturated rings. The van der Waals surface area contributed by atoms with E-state index in [9.17, 15) is 53.7 Å². The Morgan fingerprint density at radius 3 is 1.62 bits per heavy atom. The number of hydrogen-bond acceptors (Lipinski definition) is 13. The van der Waals surface area contributed by atoms with Crippen LogP contribution in [0.15, 0.2) is 12.5 Å². The predicted octanol–water partition coefficient (Wildman–Crippen LogP) is -3.87. The summed E-state index contributed by atoms with van der Waals surface area (Å²) in [5.74, 6) is -8.72. The molecule has 0 unspecified atom stereocenters. The number of aliphatic hydroxyl groups is 2. The van der Waals surface area contributed by atoms with Gasteiger partial charge in [-0.15, -0.1) is 0 Å². The number of carbonyl (C=O) groups excluding carboxylic acids is 7. The van der Waals surface area contributed by atoms with Crippen molar-refractivity contribution in [3.8, 4) is 0 Å². The standard InChI is InChI=1S/C36H63N11O11/c1-7-18(4)27(33(54)47-29(20(6)49)35(56)42-23(10-8-9-13-37)31(52)44-26(17(2)3)36(57)58)45-32(53)24(11-12-25(39)50)43-34(55)28(19(5)48)46-30(51)22(38)14-21-15-40-16-41-21/h15-20,22-24,26-29,48-49H,7-14,37-38H2,1-6H3,(H2,39,50)(H,40,41)(H,42,56)(H,43,55)(H,44,52)(H,45,53)(H,46,51)(H,47,54)(H,57,58)/t18-,19+,20+,22-,23-,24-,26-,27-,28-,29-/m0/s1. The third-order valence-corrected chi connectivity index (χ3v) is 9.37. The molecular formula is C36H63N11O11. The summed E-state index contributed by atoms with van der Waals surface area (Å²) in [7, 11) is 0. The number of nitrogens with one attached hydrogen (secondary N) is 7. The number of rotatable bonds is 27. The third-order valence-electron chi connectivity index (χ3n) is 9.37. The van der Waals surface area contributed by atoms with E-state index in [0.29, 0.717) is 25.0 Å². The molecular weight excluding hydrogens is 762 g/mol. The molecule has 0 bridgehead atoms. The van der Waals surface area contributed by atoms with Crippen LogP contribution >= 0.6 is 0 Å². The summed E-state index contributed by atoms with van der Waals surface area (Å²) in [6.45, 7) is 9.21. The molecule has 0 aliphatic rings.